The molecule has 0 spiro atoms. The Morgan fingerprint density at radius 1 is 1.14 bits per heavy atom. The number of hydrogen-bond donors (Lipinski definition) is 1. The maximum absolute atomic E-state index is 3.37. The molecule has 2 aliphatic rings. The lowest BCUT2D eigenvalue weighted by molar-refractivity contribution is 0.155. The van der Waals surface area contributed by atoms with Gasteiger partial charge in [-0.05, 0) is 70.2 Å². The van der Waals surface area contributed by atoms with Gasteiger partial charge in [-0.1, -0.05) is 6.92 Å². The maximum Gasteiger partial charge on any atom is -0.000815 e. The van der Waals surface area contributed by atoms with Crippen LogP contribution in [0.15, 0.2) is 0 Å². The van der Waals surface area contributed by atoms with Crippen molar-refractivity contribution < 1.29 is 0 Å². The van der Waals surface area contributed by atoms with E-state index in [1.54, 1.807) is 0 Å². The molecule has 0 aliphatic carbocycles. The van der Waals surface area contributed by atoms with Crippen LogP contribution in [0.4, 0.5) is 0 Å². The molecule has 14 heavy (non-hydrogen) atoms. The second kappa shape index (κ2) is 5.13. The van der Waals surface area contributed by atoms with Crippen LogP contribution in [0.25, 0.3) is 0 Å². The van der Waals surface area contributed by atoms with E-state index in [0.717, 1.165) is 11.8 Å². The molecule has 2 heteroatoms. The fraction of sp³-hybridized carbons (Fsp3) is 1.00. The van der Waals surface area contributed by atoms with E-state index >= 15 is 0 Å². The van der Waals surface area contributed by atoms with Gasteiger partial charge in [-0.15, -0.1) is 0 Å². The molecule has 0 bridgehead atoms. The van der Waals surface area contributed by atoms with Gasteiger partial charge in [0.2, 0.25) is 0 Å². The summed E-state index contributed by atoms with van der Waals surface area (Å²) >= 11 is 0. The summed E-state index contributed by atoms with van der Waals surface area (Å²) in [6.07, 6.45) is 5.72. The van der Waals surface area contributed by atoms with Crippen molar-refractivity contribution in [3.63, 3.8) is 0 Å². The number of nitrogens with one attached hydrogen (secondary N) is 1. The lowest BCUT2D eigenvalue weighted by Crippen LogP contribution is -2.44. The smallest absolute Gasteiger partial charge is 0.000815 e. The zero-order chi connectivity index (χ0) is 9.80. The van der Waals surface area contributed by atoms with Crippen molar-refractivity contribution in [1.29, 1.82) is 0 Å². The summed E-state index contributed by atoms with van der Waals surface area (Å²) in [5.41, 5.74) is 0. The molecule has 0 saturated carbocycles. The fourth-order valence-corrected chi connectivity index (χ4v) is 2.75. The van der Waals surface area contributed by atoms with Crippen LogP contribution in [0.3, 0.4) is 0 Å². The van der Waals surface area contributed by atoms with Crippen LogP contribution in [-0.4, -0.2) is 37.6 Å². The molecule has 0 aromatic rings. The van der Waals surface area contributed by atoms with Gasteiger partial charge in [0.05, 0.1) is 0 Å². The first-order chi connectivity index (χ1) is 6.88. The third-order valence-electron chi connectivity index (χ3n) is 3.78. The van der Waals surface area contributed by atoms with Crippen LogP contribution in [-0.2, 0) is 0 Å². The Bertz CT molecular complexity index is 158. The zero-order valence-corrected chi connectivity index (χ0v) is 9.47. The van der Waals surface area contributed by atoms with E-state index in [9.17, 15) is 0 Å². The first kappa shape index (κ1) is 10.4. The topological polar surface area (TPSA) is 15.3 Å². The Morgan fingerprint density at radius 3 is 2.36 bits per heavy atom. The van der Waals surface area contributed by atoms with Crippen molar-refractivity contribution in [2.75, 3.05) is 32.7 Å². The second-order valence-corrected chi connectivity index (χ2v) is 5.04. The fourth-order valence-electron chi connectivity index (χ4n) is 2.75. The van der Waals surface area contributed by atoms with Crippen LogP contribution in [0.5, 0.6) is 0 Å². The van der Waals surface area contributed by atoms with E-state index in [-0.39, 0.29) is 0 Å². The van der Waals surface area contributed by atoms with Crippen molar-refractivity contribution in [2.45, 2.75) is 32.6 Å². The standard InChI is InChI=1S/C12H24N2/c1-2-5-14-6-3-11(4-7-14)8-12-9-13-10-12/h11-13H,2-10H2,1H3. The Kier molecular flexibility index (Phi) is 3.82. The third kappa shape index (κ3) is 2.71. The highest BCUT2D eigenvalue weighted by Crippen LogP contribution is 2.25. The predicted octanol–water partition coefficient (Wildman–Crippen LogP) is 1.72. The SMILES string of the molecule is CCCN1CCC(CC2CNC2)CC1. The van der Waals surface area contributed by atoms with Crippen molar-refractivity contribution in [3.8, 4) is 0 Å². The number of nitrogens with zero attached hydrogens (tertiary/aromatic N) is 1. The Balaban J connectivity index is 1.62. The highest BCUT2D eigenvalue weighted by molar-refractivity contribution is 4.80. The monoisotopic (exact) mass is 196 g/mol. The van der Waals surface area contributed by atoms with E-state index < -0.39 is 0 Å². The van der Waals surface area contributed by atoms with E-state index in [2.05, 4.69) is 17.1 Å². The second-order valence-electron chi connectivity index (χ2n) is 5.04. The largest absolute Gasteiger partial charge is 0.316 e. The lowest BCUT2D eigenvalue weighted by atomic mass is 9.85. The Morgan fingerprint density at radius 2 is 1.86 bits per heavy atom. The summed E-state index contributed by atoms with van der Waals surface area (Å²) < 4.78 is 0. The van der Waals surface area contributed by atoms with Gasteiger partial charge < -0.3 is 10.2 Å². The molecule has 2 nitrogen and oxygen atoms in total. The Labute approximate surface area is 88.1 Å². The van der Waals surface area contributed by atoms with Gasteiger partial charge in [-0.25, -0.2) is 0 Å². The Hall–Kier alpha value is -0.0800. The summed E-state index contributed by atoms with van der Waals surface area (Å²) in [6.45, 7) is 8.89. The number of hydrogen-bond acceptors (Lipinski definition) is 2. The van der Waals surface area contributed by atoms with Gasteiger partial charge in [0.1, 0.15) is 0 Å². The maximum atomic E-state index is 3.37. The lowest BCUT2D eigenvalue weighted by Gasteiger charge is -2.36. The summed E-state index contributed by atoms with van der Waals surface area (Å²) in [6, 6.07) is 0. The normalized spacial score (nSPS) is 26.4. The van der Waals surface area contributed by atoms with Crippen LogP contribution >= 0.6 is 0 Å². The molecule has 0 atom stereocenters. The molecule has 2 saturated heterocycles. The van der Waals surface area contributed by atoms with Gasteiger partial charge in [0.15, 0.2) is 0 Å². The number of rotatable bonds is 4. The van der Waals surface area contributed by atoms with Crippen molar-refractivity contribution in [1.82, 2.24) is 10.2 Å². The van der Waals surface area contributed by atoms with Crippen molar-refractivity contribution in [3.05, 3.63) is 0 Å². The molecule has 0 aromatic carbocycles. The van der Waals surface area contributed by atoms with E-state index in [1.165, 1.54) is 58.4 Å². The molecule has 0 radical (unpaired) electrons. The molecule has 2 aliphatic heterocycles. The minimum absolute atomic E-state index is 1.01. The molecular weight excluding hydrogens is 172 g/mol. The molecule has 2 rings (SSSR count). The highest BCUT2D eigenvalue weighted by atomic mass is 15.1. The van der Waals surface area contributed by atoms with Gasteiger partial charge in [0.25, 0.3) is 0 Å². The van der Waals surface area contributed by atoms with E-state index in [4.69, 9.17) is 0 Å². The van der Waals surface area contributed by atoms with Gasteiger partial charge in [-0.2, -0.15) is 0 Å². The average molecular weight is 196 g/mol. The van der Waals surface area contributed by atoms with Crippen LogP contribution in [0.1, 0.15) is 32.6 Å². The van der Waals surface area contributed by atoms with Crippen LogP contribution < -0.4 is 5.32 Å². The molecule has 82 valence electrons. The van der Waals surface area contributed by atoms with E-state index in [0.29, 0.717) is 0 Å². The van der Waals surface area contributed by atoms with E-state index in [1.807, 2.05) is 0 Å². The first-order valence-corrected chi connectivity index (χ1v) is 6.31. The molecule has 2 heterocycles. The molecule has 0 amide bonds. The van der Waals surface area contributed by atoms with Crippen LogP contribution in [0.2, 0.25) is 0 Å². The highest BCUT2D eigenvalue weighted by Gasteiger charge is 2.24. The average Bonchev–Trinajstić information content (AvgIpc) is 2.14. The summed E-state index contributed by atoms with van der Waals surface area (Å²) in [5.74, 6) is 2.05. The summed E-state index contributed by atoms with van der Waals surface area (Å²) in [7, 11) is 0. The predicted molar refractivity (Wildman–Crippen MR) is 60.4 cm³/mol. The first-order valence-electron chi connectivity index (χ1n) is 6.31. The minimum atomic E-state index is 1.01. The number of likely N-dealkylation sites (tertiary alicyclic amines) is 1. The molecule has 1 N–H and O–H groups in total. The molecule has 0 unspecified atom stereocenters. The van der Waals surface area contributed by atoms with Gasteiger partial charge in [0, 0.05) is 0 Å². The molecule has 2 fully saturated rings. The van der Waals surface area contributed by atoms with Gasteiger partial charge in [-0.3, -0.25) is 0 Å². The molecular formula is C12H24N2. The summed E-state index contributed by atoms with van der Waals surface area (Å²) in [5, 5.41) is 3.37. The summed E-state index contributed by atoms with van der Waals surface area (Å²) in [4.78, 5) is 2.63. The third-order valence-corrected chi connectivity index (χ3v) is 3.78. The quantitative estimate of drug-likeness (QED) is 0.736. The van der Waals surface area contributed by atoms with Crippen LogP contribution in [0, 0.1) is 11.8 Å². The minimum Gasteiger partial charge on any atom is -0.316 e. The van der Waals surface area contributed by atoms with Gasteiger partial charge >= 0.3 is 0 Å². The van der Waals surface area contributed by atoms with Crippen molar-refractivity contribution >= 4 is 0 Å². The zero-order valence-electron chi connectivity index (χ0n) is 9.47. The van der Waals surface area contributed by atoms with Crippen molar-refractivity contribution in [2.24, 2.45) is 11.8 Å². The molecule has 0 aromatic heterocycles. The number of piperidine rings is 1.